The number of para-hydroxylation sites is 5. The van der Waals surface area contributed by atoms with Crippen molar-refractivity contribution in [1.82, 2.24) is 28.7 Å². The van der Waals surface area contributed by atoms with Crippen LogP contribution in [0, 0.1) is 0 Å². The lowest BCUT2D eigenvalue weighted by molar-refractivity contribution is 0.953. The van der Waals surface area contributed by atoms with Crippen molar-refractivity contribution in [1.29, 1.82) is 0 Å². The first kappa shape index (κ1) is 35.2. The third-order valence-electron chi connectivity index (χ3n) is 12.5. The number of hydrogen-bond donors (Lipinski definition) is 0. The molecule has 294 valence electrons. The van der Waals surface area contributed by atoms with E-state index in [1.165, 1.54) is 21.5 Å². The monoisotopic (exact) mass is 804 g/mol. The minimum atomic E-state index is 0.550. The summed E-state index contributed by atoms with van der Waals surface area (Å²) in [6.45, 7) is 0. The molecule has 0 unspecified atom stereocenters. The summed E-state index contributed by atoms with van der Waals surface area (Å²) >= 11 is 0. The molecule has 0 amide bonds. The summed E-state index contributed by atoms with van der Waals surface area (Å²) in [6.07, 6.45) is 0. The van der Waals surface area contributed by atoms with Crippen LogP contribution in [-0.2, 0) is 0 Å². The Balaban J connectivity index is 1.21. The highest BCUT2D eigenvalue weighted by Gasteiger charge is 2.27. The van der Waals surface area contributed by atoms with E-state index in [-0.39, 0.29) is 0 Å². The van der Waals surface area contributed by atoms with Gasteiger partial charge >= 0.3 is 0 Å². The summed E-state index contributed by atoms with van der Waals surface area (Å²) in [5.74, 6) is 1.76. The van der Waals surface area contributed by atoms with Crippen LogP contribution >= 0.6 is 0 Å². The molecule has 0 aliphatic carbocycles. The topological polar surface area (TPSA) is 53.5 Å². The molecular formula is C57H36N6. The fourth-order valence-electron chi connectivity index (χ4n) is 9.78. The second-order valence-corrected chi connectivity index (χ2v) is 16.0. The van der Waals surface area contributed by atoms with Crippen LogP contribution in [0.25, 0.3) is 117 Å². The highest BCUT2D eigenvalue weighted by atomic mass is 15.2. The molecule has 0 saturated heterocycles. The Bertz CT molecular complexity index is 3850. The fraction of sp³-hybridized carbons (Fsp3) is 0. The van der Waals surface area contributed by atoms with Gasteiger partial charge in [-0.3, -0.25) is 4.57 Å². The molecule has 4 heterocycles. The maximum atomic E-state index is 5.42. The van der Waals surface area contributed by atoms with Gasteiger partial charge in [-0.05, 0) is 59.7 Å². The van der Waals surface area contributed by atoms with E-state index < -0.39 is 0 Å². The molecule has 0 N–H and O–H groups in total. The largest absolute Gasteiger partial charge is 0.307 e. The summed E-state index contributed by atoms with van der Waals surface area (Å²) in [4.78, 5) is 16.0. The summed E-state index contributed by atoms with van der Waals surface area (Å²) in [5, 5.41) is 7.02. The molecule has 13 aromatic rings. The summed E-state index contributed by atoms with van der Waals surface area (Å²) in [5.41, 5.74) is 12.8. The lowest BCUT2D eigenvalue weighted by Gasteiger charge is -2.16. The van der Waals surface area contributed by atoms with Gasteiger partial charge in [-0.1, -0.05) is 170 Å². The van der Waals surface area contributed by atoms with Crippen molar-refractivity contribution >= 4 is 65.4 Å². The van der Waals surface area contributed by atoms with Crippen LogP contribution in [0.1, 0.15) is 0 Å². The van der Waals surface area contributed by atoms with Crippen molar-refractivity contribution in [2.24, 2.45) is 0 Å². The zero-order chi connectivity index (χ0) is 41.4. The molecule has 9 aromatic carbocycles. The minimum absolute atomic E-state index is 0.550. The Labute approximate surface area is 362 Å². The van der Waals surface area contributed by atoms with E-state index in [2.05, 4.69) is 208 Å². The molecule has 0 aliphatic rings. The van der Waals surface area contributed by atoms with Gasteiger partial charge in [-0.25, -0.2) is 4.98 Å². The molecule has 63 heavy (non-hydrogen) atoms. The second kappa shape index (κ2) is 14.0. The molecule has 0 saturated carbocycles. The molecule has 6 nitrogen and oxygen atoms in total. The first-order chi connectivity index (χ1) is 31.3. The Morgan fingerprint density at radius 1 is 0.286 bits per heavy atom. The van der Waals surface area contributed by atoms with Crippen LogP contribution in [0.15, 0.2) is 218 Å². The molecule has 0 aliphatic heterocycles. The van der Waals surface area contributed by atoms with Crippen molar-refractivity contribution in [3.05, 3.63) is 218 Å². The predicted octanol–water partition coefficient (Wildman–Crippen LogP) is 14.2. The Morgan fingerprint density at radius 3 is 1.38 bits per heavy atom. The van der Waals surface area contributed by atoms with Gasteiger partial charge in [0.05, 0.1) is 38.8 Å². The van der Waals surface area contributed by atoms with Gasteiger partial charge in [0, 0.05) is 49.1 Å². The number of hydrogen-bond acceptors (Lipinski definition) is 3. The zero-order valence-electron chi connectivity index (χ0n) is 34.0. The normalized spacial score (nSPS) is 11.8. The highest BCUT2D eigenvalue weighted by molar-refractivity contribution is 6.31. The van der Waals surface area contributed by atoms with Gasteiger partial charge in [-0.2, -0.15) is 9.97 Å². The van der Waals surface area contributed by atoms with Crippen molar-refractivity contribution in [2.45, 2.75) is 0 Å². The molecular weight excluding hydrogens is 769 g/mol. The summed E-state index contributed by atoms with van der Waals surface area (Å²) in [7, 11) is 0. The van der Waals surface area contributed by atoms with Gasteiger partial charge in [-0.15, -0.1) is 0 Å². The number of fused-ring (bicyclic) bond motifs is 10. The first-order valence-corrected chi connectivity index (χ1v) is 21.3. The van der Waals surface area contributed by atoms with Gasteiger partial charge in [0.25, 0.3) is 0 Å². The molecule has 0 radical (unpaired) electrons. The van der Waals surface area contributed by atoms with E-state index in [0.717, 1.165) is 77.5 Å². The van der Waals surface area contributed by atoms with Crippen molar-refractivity contribution in [3.63, 3.8) is 0 Å². The average molecular weight is 805 g/mol. The Kier molecular flexibility index (Phi) is 7.80. The van der Waals surface area contributed by atoms with Crippen molar-refractivity contribution in [2.75, 3.05) is 0 Å². The second-order valence-electron chi connectivity index (χ2n) is 16.0. The van der Waals surface area contributed by atoms with Crippen LogP contribution in [0.4, 0.5) is 0 Å². The van der Waals surface area contributed by atoms with Gasteiger partial charge in [0.2, 0.25) is 5.95 Å². The molecule has 0 atom stereocenters. The maximum absolute atomic E-state index is 5.42. The third kappa shape index (κ3) is 5.41. The Morgan fingerprint density at radius 2 is 0.746 bits per heavy atom. The molecule has 13 rings (SSSR count). The van der Waals surface area contributed by atoms with Gasteiger partial charge < -0.3 is 9.13 Å². The third-order valence-corrected chi connectivity index (χ3v) is 12.5. The van der Waals surface area contributed by atoms with Crippen LogP contribution in [0.2, 0.25) is 0 Å². The minimum Gasteiger partial charge on any atom is -0.307 e. The van der Waals surface area contributed by atoms with E-state index in [1.807, 2.05) is 24.3 Å². The predicted molar refractivity (Wildman–Crippen MR) is 259 cm³/mol. The van der Waals surface area contributed by atoms with E-state index >= 15 is 0 Å². The molecule has 0 bridgehead atoms. The van der Waals surface area contributed by atoms with Crippen molar-refractivity contribution in [3.8, 4) is 51.2 Å². The van der Waals surface area contributed by atoms with Crippen LogP contribution in [-0.4, -0.2) is 28.7 Å². The molecule has 0 spiro atoms. The van der Waals surface area contributed by atoms with Crippen LogP contribution in [0.3, 0.4) is 0 Å². The lowest BCUT2D eigenvalue weighted by atomic mass is 10.0. The van der Waals surface area contributed by atoms with E-state index in [0.29, 0.717) is 17.6 Å². The smallest absolute Gasteiger partial charge is 0.238 e. The summed E-state index contributed by atoms with van der Waals surface area (Å²) in [6, 6.07) is 77.3. The van der Waals surface area contributed by atoms with Gasteiger partial charge in [0.1, 0.15) is 0 Å². The average Bonchev–Trinajstić information content (AvgIpc) is 4.00. The molecule has 0 fully saturated rings. The number of benzene rings is 9. The molecule has 4 aromatic heterocycles. The maximum Gasteiger partial charge on any atom is 0.238 e. The quantitative estimate of drug-likeness (QED) is 0.168. The fourth-order valence-corrected chi connectivity index (χ4v) is 9.78. The highest BCUT2D eigenvalue weighted by Crippen LogP contribution is 2.46. The number of nitrogens with zero attached hydrogens (tertiary/aromatic N) is 6. The van der Waals surface area contributed by atoms with E-state index in [1.54, 1.807) is 0 Å². The molecule has 6 heteroatoms. The van der Waals surface area contributed by atoms with E-state index in [9.17, 15) is 0 Å². The van der Waals surface area contributed by atoms with Gasteiger partial charge in [0.15, 0.2) is 11.6 Å². The number of rotatable bonds is 6. The van der Waals surface area contributed by atoms with Crippen LogP contribution < -0.4 is 0 Å². The summed E-state index contributed by atoms with van der Waals surface area (Å²) < 4.78 is 7.16. The van der Waals surface area contributed by atoms with Crippen LogP contribution in [0.5, 0.6) is 0 Å². The zero-order valence-corrected chi connectivity index (χ0v) is 34.0. The lowest BCUT2D eigenvalue weighted by Crippen LogP contribution is -2.07. The first-order valence-electron chi connectivity index (χ1n) is 21.3. The standard InChI is InChI=1S/C57H36N6/c1-4-19-37(20-5-1)39-23-18-24-40(35-39)56-58-55(38-21-6-2-7-22-38)59-57(60-56)63-49-34-17-12-29-44(49)52-50(63)36-51(62-46-31-14-10-27-42(46)43-28-11-15-32-47(43)62)54-53(52)45-30-13-16-33-48(45)61(54)41-25-8-3-9-26-41/h1-36H. The SMILES string of the molecule is c1ccc(-c2cccc(-c3nc(-c4ccccc4)nc(-n4c5ccccc5c5c6c7ccccc7n(-c7ccccc7)c6c(-n6c7ccccc7c7ccccc76)cc54)n3)c2)cc1. The van der Waals surface area contributed by atoms with Crippen molar-refractivity contribution < 1.29 is 0 Å². The number of aromatic nitrogens is 6. The van der Waals surface area contributed by atoms with E-state index in [4.69, 9.17) is 15.0 Å². The Hall–Kier alpha value is -8.61.